The van der Waals surface area contributed by atoms with Gasteiger partial charge in [0.15, 0.2) is 0 Å². The third-order valence-electron chi connectivity index (χ3n) is 4.99. The highest BCUT2D eigenvalue weighted by Gasteiger charge is 2.21. The van der Waals surface area contributed by atoms with Gasteiger partial charge in [-0.05, 0) is 61.9 Å². The predicted molar refractivity (Wildman–Crippen MR) is 127 cm³/mol. The van der Waals surface area contributed by atoms with Crippen LogP contribution < -0.4 is 14.9 Å². The maximum absolute atomic E-state index is 12.1. The van der Waals surface area contributed by atoms with Crippen molar-refractivity contribution in [2.45, 2.75) is 33.4 Å². The lowest BCUT2D eigenvalue weighted by Crippen LogP contribution is -2.20. The monoisotopic (exact) mass is 485 g/mol. The fourth-order valence-corrected chi connectivity index (χ4v) is 3.42. The van der Waals surface area contributed by atoms with Crippen molar-refractivity contribution in [1.29, 1.82) is 0 Å². The van der Waals surface area contributed by atoms with Gasteiger partial charge >= 0.3 is 5.69 Å². The Labute approximate surface area is 201 Å². The molecule has 34 heavy (non-hydrogen) atoms. The van der Waals surface area contributed by atoms with E-state index in [0.29, 0.717) is 27.9 Å². The van der Waals surface area contributed by atoms with Crippen LogP contribution in [0.2, 0.25) is 5.02 Å². The van der Waals surface area contributed by atoms with Gasteiger partial charge in [-0.25, -0.2) is 5.43 Å². The molecule has 0 bridgehead atoms. The Balaban J connectivity index is 1.57. The topological polar surface area (TPSA) is 121 Å². The SMILES string of the molecule is COc1ccc(/C=N/NC(=O)CCn2nc(C)c([N+](=O)[O-])c2C)cc1COc1ccc(Cl)cc1. The molecule has 3 rings (SSSR count). The summed E-state index contributed by atoms with van der Waals surface area (Å²) in [6, 6.07) is 12.5. The van der Waals surface area contributed by atoms with Gasteiger partial charge in [0.2, 0.25) is 5.91 Å². The largest absolute Gasteiger partial charge is 0.496 e. The summed E-state index contributed by atoms with van der Waals surface area (Å²) in [7, 11) is 1.58. The Morgan fingerprint density at radius 2 is 2.00 bits per heavy atom. The van der Waals surface area contributed by atoms with Crippen molar-refractivity contribution < 1.29 is 19.2 Å². The number of nitrogens with one attached hydrogen (secondary N) is 1. The number of amides is 1. The van der Waals surface area contributed by atoms with E-state index in [1.807, 2.05) is 6.07 Å². The molecule has 11 heteroatoms. The molecule has 0 aliphatic heterocycles. The summed E-state index contributed by atoms with van der Waals surface area (Å²) in [5.74, 6) is 0.992. The summed E-state index contributed by atoms with van der Waals surface area (Å²) in [6.07, 6.45) is 1.58. The predicted octanol–water partition coefficient (Wildman–Crippen LogP) is 4.19. The fourth-order valence-electron chi connectivity index (χ4n) is 3.30. The Bertz CT molecular complexity index is 1210. The third kappa shape index (κ3) is 6.32. The quantitative estimate of drug-likeness (QED) is 0.261. The molecule has 3 aromatic rings. The van der Waals surface area contributed by atoms with Crippen LogP contribution >= 0.6 is 11.6 Å². The minimum Gasteiger partial charge on any atom is -0.496 e. The first-order valence-electron chi connectivity index (χ1n) is 10.3. The molecule has 0 aliphatic carbocycles. The smallest absolute Gasteiger partial charge is 0.312 e. The van der Waals surface area contributed by atoms with Gasteiger partial charge in [-0.1, -0.05) is 11.6 Å². The summed E-state index contributed by atoms with van der Waals surface area (Å²) in [5.41, 5.74) is 4.69. The molecule has 0 radical (unpaired) electrons. The van der Waals surface area contributed by atoms with Crippen molar-refractivity contribution in [2.24, 2.45) is 5.10 Å². The molecule has 0 spiro atoms. The second-order valence-electron chi connectivity index (χ2n) is 7.36. The Morgan fingerprint density at radius 1 is 1.26 bits per heavy atom. The van der Waals surface area contributed by atoms with Crippen molar-refractivity contribution in [3.63, 3.8) is 0 Å². The van der Waals surface area contributed by atoms with Gasteiger partial charge in [0.05, 0.1) is 24.8 Å². The number of carbonyl (C=O) groups excluding carboxylic acids is 1. The lowest BCUT2D eigenvalue weighted by Gasteiger charge is -2.11. The Kier molecular flexibility index (Phi) is 8.20. The molecule has 0 saturated heterocycles. The maximum atomic E-state index is 12.1. The number of aryl methyl sites for hydroxylation is 2. The van der Waals surface area contributed by atoms with Crippen LogP contribution in [0, 0.1) is 24.0 Å². The number of rotatable bonds is 10. The van der Waals surface area contributed by atoms with Crippen LogP contribution in [-0.2, 0) is 17.9 Å². The standard InChI is InChI=1S/C23H24ClN5O5/c1-15-23(29(31)32)16(2)28(27-15)11-10-22(30)26-25-13-17-4-9-21(33-3)18(12-17)14-34-20-7-5-19(24)6-8-20/h4-9,12-13H,10-11,14H2,1-3H3,(H,26,30)/b25-13+. The number of aromatic nitrogens is 2. The van der Waals surface area contributed by atoms with E-state index in [4.69, 9.17) is 21.1 Å². The summed E-state index contributed by atoms with van der Waals surface area (Å²) in [4.78, 5) is 22.8. The van der Waals surface area contributed by atoms with E-state index in [1.54, 1.807) is 57.4 Å². The number of benzene rings is 2. The van der Waals surface area contributed by atoms with Crippen LogP contribution in [0.1, 0.15) is 28.9 Å². The molecule has 0 aliphatic rings. The first kappa shape index (κ1) is 24.7. The molecule has 1 amide bonds. The van der Waals surface area contributed by atoms with Crippen molar-refractivity contribution in [1.82, 2.24) is 15.2 Å². The molecule has 1 N–H and O–H groups in total. The molecule has 0 atom stereocenters. The Morgan fingerprint density at radius 3 is 2.65 bits per heavy atom. The zero-order valence-electron chi connectivity index (χ0n) is 18.9. The number of hydrazone groups is 1. The number of methoxy groups -OCH3 is 1. The number of ether oxygens (including phenoxy) is 2. The molecule has 0 saturated carbocycles. The molecule has 178 valence electrons. The van der Waals surface area contributed by atoms with E-state index in [1.165, 1.54) is 10.9 Å². The Hall–Kier alpha value is -3.92. The summed E-state index contributed by atoms with van der Waals surface area (Å²) in [5, 5.41) is 19.8. The van der Waals surface area contributed by atoms with Crippen LogP contribution in [0.3, 0.4) is 0 Å². The van der Waals surface area contributed by atoms with E-state index in [2.05, 4.69) is 15.6 Å². The van der Waals surface area contributed by atoms with E-state index < -0.39 is 4.92 Å². The van der Waals surface area contributed by atoms with E-state index >= 15 is 0 Å². The number of nitro groups is 1. The number of halogens is 1. The van der Waals surface area contributed by atoms with Gasteiger partial charge in [-0.2, -0.15) is 10.2 Å². The van der Waals surface area contributed by atoms with Crippen LogP contribution in [-0.4, -0.2) is 33.9 Å². The molecule has 10 nitrogen and oxygen atoms in total. The van der Waals surface area contributed by atoms with Crippen molar-refractivity contribution in [2.75, 3.05) is 7.11 Å². The van der Waals surface area contributed by atoms with Gasteiger partial charge in [0.1, 0.15) is 29.5 Å². The summed E-state index contributed by atoms with van der Waals surface area (Å²) in [6.45, 7) is 3.64. The maximum Gasteiger partial charge on any atom is 0.312 e. The summed E-state index contributed by atoms with van der Waals surface area (Å²) < 4.78 is 12.6. The van der Waals surface area contributed by atoms with Gasteiger partial charge in [-0.15, -0.1) is 0 Å². The van der Waals surface area contributed by atoms with Gasteiger partial charge in [-0.3, -0.25) is 19.6 Å². The van der Waals surface area contributed by atoms with Crippen molar-refractivity contribution in [3.8, 4) is 11.5 Å². The summed E-state index contributed by atoms with van der Waals surface area (Å²) >= 11 is 5.90. The molecule has 1 aromatic heterocycles. The highest BCUT2D eigenvalue weighted by molar-refractivity contribution is 6.30. The van der Waals surface area contributed by atoms with E-state index in [9.17, 15) is 14.9 Å². The molecule has 1 heterocycles. The second kappa shape index (κ2) is 11.3. The van der Waals surface area contributed by atoms with Crippen molar-refractivity contribution >= 4 is 29.4 Å². The van der Waals surface area contributed by atoms with Crippen molar-refractivity contribution in [3.05, 3.63) is 80.1 Å². The number of hydrogen-bond donors (Lipinski definition) is 1. The molecular formula is C23H24ClN5O5. The number of hydrogen-bond acceptors (Lipinski definition) is 7. The highest BCUT2D eigenvalue weighted by atomic mass is 35.5. The zero-order valence-corrected chi connectivity index (χ0v) is 19.7. The van der Waals surface area contributed by atoms with E-state index in [-0.39, 0.29) is 31.2 Å². The average Bonchev–Trinajstić information content (AvgIpc) is 3.10. The average molecular weight is 486 g/mol. The molecular weight excluding hydrogens is 462 g/mol. The fraction of sp³-hybridized carbons (Fsp3) is 0.261. The normalized spacial score (nSPS) is 10.9. The zero-order chi connectivity index (χ0) is 24.7. The lowest BCUT2D eigenvalue weighted by molar-refractivity contribution is -0.386. The first-order valence-corrected chi connectivity index (χ1v) is 10.7. The second-order valence-corrected chi connectivity index (χ2v) is 7.79. The van der Waals surface area contributed by atoms with Gasteiger partial charge in [0.25, 0.3) is 0 Å². The first-order chi connectivity index (χ1) is 16.3. The minimum atomic E-state index is -0.470. The minimum absolute atomic E-state index is 0.0335. The molecule has 0 fully saturated rings. The number of carbonyl (C=O) groups is 1. The van der Waals surface area contributed by atoms with Crippen LogP contribution in [0.15, 0.2) is 47.6 Å². The highest BCUT2D eigenvalue weighted by Crippen LogP contribution is 2.23. The lowest BCUT2D eigenvalue weighted by atomic mass is 10.1. The van der Waals surface area contributed by atoms with Gasteiger partial charge in [0, 0.05) is 17.0 Å². The van der Waals surface area contributed by atoms with Gasteiger partial charge < -0.3 is 9.47 Å². The van der Waals surface area contributed by atoms with Crippen LogP contribution in [0.25, 0.3) is 0 Å². The molecule has 0 unspecified atom stereocenters. The molecule has 2 aromatic carbocycles. The van der Waals surface area contributed by atoms with Crippen LogP contribution in [0.5, 0.6) is 11.5 Å². The van der Waals surface area contributed by atoms with Crippen LogP contribution in [0.4, 0.5) is 5.69 Å². The number of nitrogens with zero attached hydrogens (tertiary/aromatic N) is 4. The van der Waals surface area contributed by atoms with E-state index in [0.717, 1.165) is 11.1 Å². The third-order valence-corrected chi connectivity index (χ3v) is 5.24.